The molecule has 1 aromatic carbocycles. The Hall–Kier alpha value is -2.64. The molecule has 0 aliphatic carbocycles. The molecule has 0 aliphatic rings. The van der Waals surface area contributed by atoms with Crippen LogP contribution in [-0.4, -0.2) is 34.6 Å². The van der Waals surface area contributed by atoms with Gasteiger partial charge in [0.25, 0.3) is 0 Å². The first-order valence-electron chi connectivity index (χ1n) is 5.69. The molecule has 1 amide bonds. The number of hydrogen-bond donors (Lipinski definition) is 2. The van der Waals surface area contributed by atoms with Crippen molar-refractivity contribution in [2.45, 2.75) is 19.9 Å². The summed E-state index contributed by atoms with van der Waals surface area (Å²) in [5.74, 6) is -1.86. The van der Waals surface area contributed by atoms with Gasteiger partial charge in [0, 0.05) is 13.0 Å². The molecule has 0 bridgehead atoms. The zero-order valence-corrected chi connectivity index (χ0v) is 11.0. The van der Waals surface area contributed by atoms with Gasteiger partial charge in [-0.25, -0.2) is 4.79 Å². The molecule has 0 spiro atoms. The van der Waals surface area contributed by atoms with Crippen LogP contribution in [0, 0.1) is 17.0 Å². The second-order valence-electron chi connectivity index (χ2n) is 4.13. The van der Waals surface area contributed by atoms with E-state index < -0.39 is 29.4 Å². The van der Waals surface area contributed by atoms with Crippen molar-refractivity contribution < 1.29 is 24.4 Å². The Labute approximate surface area is 114 Å². The number of rotatable bonds is 6. The van der Waals surface area contributed by atoms with Gasteiger partial charge in [-0.1, -0.05) is 6.07 Å². The number of benzene rings is 1. The minimum absolute atomic E-state index is 0.0443. The number of aliphatic carboxylic acids is 1. The van der Waals surface area contributed by atoms with E-state index in [1.54, 1.807) is 13.0 Å². The highest BCUT2D eigenvalue weighted by atomic mass is 16.6. The lowest BCUT2D eigenvalue weighted by molar-refractivity contribution is -0.385. The lowest BCUT2D eigenvalue weighted by Gasteiger charge is -2.14. The van der Waals surface area contributed by atoms with E-state index in [-0.39, 0.29) is 11.4 Å². The Kier molecular flexibility index (Phi) is 5.01. The summed E-state index contributed by atoms with van der Waals surface area (Å²) >= 11 is 0. The molecule has 0 heterocycles. The molecule has 8 heteroatoms. The third-order valence-corrected chi connectivity index (χ3v) is 2.39. The van der Waals surface area contributed by atoms with Crippen LogP contribution in [0.1, 0.15) is 12.5 Å². The number of nitro benzene ring substituents is 1. The molecule has 0 saturated carbocycles. The molecule has 0 fully saturated rings. The second kappa shape index (κ2) is 6.50. The van der Waals surface area contributed by atoms with Crippen LogP contribution >= 0.6 is 0 Å². The Morgan fingerprint density at radius 2 is 2.15 bits per heavy atom. The van der Waals surface area contributed by atoms with Gasteiger partial charge in [-0.15, -0.1) is 0 Å². The smallest absolute Gasteiger partial charge is 0.329 e. The zero-order valence-electron chi connectivity index (χ0n) is 11.0. The first-order valence-corrected chi connectivity index (χ1v) is 5.69. The summed E-state index contributed by atoms with van der Waals surface area (Å²) in [6, 6.07) is 3.05. The number of carbonyl (C=O) groups is 2. The van der Waals surface area contributed by atoms with Crippen molar-refractivity contribution >= 4 is 17.6 Å². The fourth-order valence-corrected chi connectivity index (χ4v) is 1.49. The number of ether oxygens (including phenoxy) is 1. The Morgan fingerprint density at radius 3 is 2.65 bits per heavy atom. The number of hydrogen-bond acceptors (Lipinski definition) is 5. The van der Waals surface area contributed by atoms with Crippen LogP contribution in [0.3, 0.4) is 0 Å². The molecule has 0 radical (unpaired) electrons. The van der Waals surface area contributed by atoms with Gasteiger partial charge in [0.1, 0.15) is 6.61 Å². The maximum absolute atomic E-state index is 10.9. The van der Waals surface area contributed by atoms with Crippen molar-refractivity contribution in [3.05, 3.63) is 33.9 Å². The molecule has 1 atom stereocenters. The van der Waals surface area contributed by atoms with E-state index in [0.717, 1.165) is 0 Å². The predicted molar refractivity (Wildman–Crippen MR) is 68.6 cm³/mol. The van der Waals surface area contributed by atoms with Gasteiger partial charge in [-0.05, 0) is 18.6 Å². The van der Waals surface area contributed by atoms with Crippen LogP contribution in [0.2, 0.25) is 0 Å². The van der Waals surface area contributed by atoms with Crippen molar-refractivity contribution in [1.82, 2.24) is 5.32 Å². The average Bonchev–Trinajstić information content (AvgIpc) is 2.34. The highest BCUT2D eigenvalue weighted by molar-refractivity contribution is 5.82. The molecule has 0 aliphatic heterocycles. The van der Waals surface area contributed by atoms with Gasteiger partial charge in [-0.3, -0.25) is 14.9 Å². The summed E-state index contributed by atoms with van der Waals surface area (Å²) in [6.45, 7) is 2.46. The monoisotopic (exact) mass is 282 g/mol. The lowest BCUT2D eigenvalue weighted by atomic mass is 10.2. The largest absolute Gasteiger partial charge is 0.484 e. The Balaban J connectivity index is 2.85. The molecule has 2 N–H and O–H groups in total. The van der Waals surface area contributed by atoms with Gasteiger partial charge in [0.15, 0.2) is 11.8 Å². The topological polar surface area (TPSA) is 119 Å². The van der Waals surface area contributed by atoms with Gasteiger partial charge < -0.3 is 15.2 Å². The maximum Gasteiger partial charge on any atom is 0.329 e. The van der Waals surface area contributed by atoms with E-state index in [2.05, 4.69) is 5.32 Å². The number of nitrogens with zero attached hydrogens (tertiary/aromatic N) is 1. The number of nitrogens with one attached hydrogen (secondary N) is 1. The molecule has 108 valence electrons. The summed E-state index contributed by atoms with van der Waals surface area (Å²) in [5.41, 5.74) is 0.428. The van der Waals surface area contributed by atoms with Crippen LogP contribution in [0.25, 0.3) is 0 Å². The number of aryl methyl sites for hydroxylation is 1. The first kappa shape index (κ1) is 15.4. The molecule has 8 nitrogen and oxygen atoms in total. The van der Waals surface area contributed by atoms with Gasteiger partial charge in [0.2, 0.25) is 5.91 Å². The van der Waals surface area contributed by atoms with E-state index in [1.807, 2.05) is 0 Å². The maximum atomic E-state index is 10.9. The van der Waals surface area contributed by atoms with Crippen LogP contribution < -0.4 is 10.1 Å². The van der Waals surface area contributed by atoms with E-state index in [1.165, 1.54) is 19.1 Å². The number of nitro groups is 1. The Bertz CT molecular complexity index is 543. The summed E-state index contributed by atoms with van der Waals surface area (Å²) in [7, 11) is 0. The normalized spacial score (nSPS) is 11.5. The SMILES string of the molecule is CC(=O)NC(COc1ccc(C)cc1[N+](=O)[O-])C(=O)O. The third-order valence-electron chi connectivity index (χ3n) is 2.39. The van der Waals surface area contributed by atoms with Crippen LogP contribution in [0.5, 0.6) is 5.75 Å². The lowest BCUT2D eigenvalue weighted by Crippen LogP contribution is -2.43. The number of carboxylic acid groups (broad SMARTS) is 1. The van der Waals surface area contributed by atoms with Crippen molar-refractivity contribution in [3.63, 3.8) is 0 Å². The summed E-state index contributed by atoms with van der Waals surface area (Å²) in [6.07, 6.45) is 0. The third kappa shape index (κ3) is 4.23. The summed E-state index contributed by atoms with van der Waals surface area (Å²) in [5, 5.41) is 21.9. The highest BCUT2D eigenvalue weighted by Gasteiger charge is 2.22. The molecule has 1 unspecified atom stereocenters. The predicted octanol–water partition coefficient (Wildman–Crippen LogP) is 0.871. The Morgan fingerprint density at radius 1 is 1.50 bits per heavy atom. The average molecular weight is 282 g/mol. The fraction of sp³-hybridized carbons (Fsp3) is 0.333. The zero-order chi connectivity index (χ0) is 15.3. The standard InChI is InChI=1S/C12H14N2O6/c1-7-3-4-11(10(5-7)14(18)19)20-6-9(12(16)17)13-8(2)15/h3-5,9H,6H2,1-2H3,(H,13,15)(H,16,17). The number of carbonyl (C=O) groups excluding carboxylic acids is 1. The molecular weight excluding hydrogens is 268 g/mol. The highest BCUT2D eigenvalue weighted by Crippen LogP contribution is 2.27. The molecule has 0 aromatic heterocycles. The van der Waals surface area contributed by atoms with E-state index in [4.69, 9.17) is 9.84 Å². The molecule has 1 rings (SSSR count). The first-order chi connectivity index (χ1) is 9.31. The quantitative estimate of drug-likeness (QED) is 0.590. The summed E-state index contributed by atoms with van der Waals surface area (Å²) in [4.78, 5) is 32.0. The molecule has 1 aromatic rings. The van der Waals surface area contributed by atoms with Gasteiger partial charge in [-0.2, -0.15) is 0 Å². The van der Waals surface area contributed by atoms with Crippen molar-refractivity contribution in [2.24, 2.45) is 0 Å². The molecular formula is C12H14N2O6. The molecule has 20 heavy (non-hydrogen) atoms. The van der Waals surface area contributed by atoms with E-state index in [9.17, 15) is 19.7 Å². The van der Waals surface area contributed by atoms with E-state index in [0.29, 0.717) is 5.56 Å². The van der Waals surface area contributed by atoms with Gasteiger partial charge in [0.05, 0.1) is 4.92 Å². The second-order valence-corrected chi connectivity index (χ2v) is 4.13. The van der Waals surface area contributed by atoms with Crippen molar-refractivity contribution in [3.8, 4) is 5.75 Å². The van der Waals surface area contributed by atoms with Crippen molar-refractivity contribution in [2.75, 3.05) is 6.61 Å². The van der Waals surface area contributed by atoms with Crippen LogP contribution in [0.4, 0.5) is 5.69 Å². The van der Waals surface area contributed by atoms with Crippen LogP contribution in [0.15, 0.2) is 18.2 Å². The fourth-order valence-electron chi connectivity index (χ4n) is 1.49. The number of amides is 1. The van der Waals surface area contributed by atoms with Crippen LogP contribution in [-0.2, 0) is 9.59 Å². The van der Waals surface area contributed by atoms with E-state index >= 15 is 0 Å². The van der Waals surface area contributed by atoms with Crippen molar-refractivity contribution in [1.29, 1.82) is 0 Å². The number of carboxylic acids is 1. The van der Waals surface area contributed by atoms with Gasteiger partial charge >= 0.3 is 11.7 Å². The minimum Gasteiger partial charge on any atom is -0.484 e. The molecule has 0 saturated heterocycles. The minimum atomic E-state index is -1.28. The summed E-state index contributed by atoms with van der Waals surface area (Å²) < 4.78 is 5.14.